The van der Waals surface area contributed by atoms with E-state index in [-0.39, 0.29) is 5.92 Å². The molecule has 106 valence electrons. The van der Waals surface area contributed by atoms with Gasteiger partial charge in [-0.25, -0.2) is 9.78 Å². The van der Waals surface area contributed by atoms with E-state index in [0.717, 1.165) is 31.4 Å². The number of carboxylic acid groups (broad SMARTS) is 1. The predicted molar refractivity (Wildman–Crippen MR) is 75.3 cm³/mol. The quantitative estimate of drug-likeness (QED) is 0.880. The van der Waals surface area contributed by atoms with Gasteiger partial charge in [-0.15, -0.1) is 0 Å². The Morgan fingerprint density at radius 2 is 2.15 bits per heavy atom. The molecular formula is C15H19N3O2. The summed E-state index contributed by atoms with van der Waals surface area (Å²) in [4.78, 5) is 15.8. The van der Waals surface area contributed by atoms with E-state index in [1.807, 2.05) is 6.92 Å². The molecule has 1 atom stereocenters. The number of hydrogen-bond acceptors (Lipinski definition) is 4. The van der Waals surface area contributed by atoms with Gasteiger partial charge in [0.05, 0.1) is 5.56 Å². The molecule has 1 unspecified atom stereocenters. The molecular weight excluding hydrogens is 254 g/mol. The van der Waals surface area contributed by atoms with Crippen LogP contribution in [-0.2, 0) is 4.79 Å². The molecule has 1 heterocycles. The second-order valence-corrected chi connectivity index (χ2v) is 5.32. The molecule has 1 aromatic rings. The Morgan fingerprint density at radius 1 is 1.45 bits per heavy atom. The SMILES string of the molecule is Cc1ccc(C#N)c(NC(C(=O)O)C2CCCCC2)n1. The minimum atomic E-state index is -0.871. The summed E-state index contributed by atoms with van der Waals surface area (Å²) in [6, 6.07) is 4.80. The van der Waals surface area contributed by atoms with Crippen molar-refractivity contribution in [3.8, 4) is 6.07 Å². The molecule has 0 radical (unpaired) electrons. The molecule has 2 N–H and O–H groups in total. The first-order valence-corrected chi connectivity index (χ1v) is 6.99. The maximum absolute atomic E-state index is 11.5. The normalized spacial score (nSPS) is 17.2. The van der Waals surface area contributed by atoms with Gasteiger partial charge in [-0.05, 0) is 37.8 Å². The Balaban J connectivity index is 2.22. The van der Waals surface area contributed by atoms with Crippen molar-refractivity contribution in [1.29, 1.82) is 5.26 Å². The molecule has 1 aliphatic carbocycles. The zero-order valence-electron chi connectivity index (χ0n) is 11.6. The summed E-state index contributed by atoms with van der Waals surface area (Å²) in [5.74, 6) is -0.385. The molecule has 0 saturated heterocycles. The molecule has 5 heteroatoms. The highest BCUT2D eigenvalue weighted by atomic mass is 16.4. The lowest BCUT2D eigenvalue weighted by molar-refractivity contribution is -0.139. The van der Waals surface area contributed by atoms with Gasteiger partial charge in [-0.1, -0.05) is 19.3 Å². The van der Waals surface area contributed by atoms with E-state index in [9.17, 15) is 9.90 Å². The summed E-state index contributed by atoms with van der Waals surface area (Å²) in [7, 11) is 0. The molecule has 1 fully saturated rings. The first-order chi connectivity index (χ1) is 9.61. The van der Waals surface area contributed by atoms with Crippen LogP contribution in [0.3, 0.4) is 0 Å². The molecule has 1 saturated carbocycles. The maximum Gasteiger partial charge on any atom is 0.326 e. The fourth-order valence-corrected chi connectivity index (χ4v) is 2.75. The van der Waals surface area contributed by atoms with E-state index in [2.05, 4.69) is 16.4 Å². The second-order valence-electron chi connectivity index (χ2n) is 5.32. The van der Waals surface area contributed by atoms with E-state index >= 15 is 0 Å². The molecule has 1 aromatic heterocycles. The van der Waals surface area contributed by atoms with Gasteiger partial charge in [0.1, 0.15) is 17.9 Å². The highest BCUT2D eigenvalue weighted by Gasteiger charge is 2.30. The Bertz CT molecular complexity index is 530. The average Bonchev–Trinajstić information content (AvgIpc) is 2.45. The number of anilines is 1. The van der Waals surface area contributed by atoms with Crippen molar-refractivity contribution in [3.63, 3.8) is 0 Å². The minimum Gasteiger partial charge on any atom is -0.480 e. The van der Waals surface area contributed by atoms with Gasteiger partial charge in [-0.3, -0.25) is 0 Å². The summed E-state index contributed by atoms with van der Waals surface area (Å²) >= 11 is 0. The van der Waals surface area contributed by atoms with Crippen molar-refractivity contribution in [2.75, 3.05) is 5.32 Å². The lowest BCUT2D eigenvalue weighted by Crippen LogP contribution is -2.38. The second kappa shape index (κ2) is 6.38. The molecule has 0 aromatic carbocycles. The number of carboxylic acids is 1. The van der Waals surface area contributed by atoms with E-state index in [0.29, 0.717) is 11.4 Å². The van der Waals surface area contributed by atoms with Gasteiger partial charge in [0.25, 0.3) is 0 Å². The smallest absolute Gasteiger partial charge is 0.326 e. The van der Waals surface area contributed by atoms with Gasteiger partial charge >= 0.3 is 5.97 Å². The monoisotopic (exact) mass is 273 g/mol. The molecule has 1 aliphatic rings. The van der Waals surface area contributed by atoms with E-state index in [1.165, 1.54) is 6.42 Å². The number of hydrogen-bond donors (Lipinski definition) is 2. The fraction of sp³-hybridized carbons (Fsp3) is 0.533. The molecule has 0 bridgehead atoms. The lowest BCUT2D eigenvalue weighted by Gasteiger charge is -2.28. The fourth-order valence-electron chi connectivity index (χ4n) is 2.75. The number of rotatable bonds is 4. The summed E-state index contributed by atoms with van der Waals surface area (Å²) in [5.41, 5.74) is 1.15. The first-order valence-electron chi connectivity index (χ1n) is 6.99. The zero-order valence-corrected chi connectivity index (χ0v) is 11.6. The third-order valence-electron chi connectivity index (χ3n) is 3.83. The van der Waals surface area contributed by atoms with Crippen molar-refractivity contribution < 1.29 is 9.90 Å². The number of carbonyl (C=O) groups is 1. The van der Waals surface area contributed by atoms with Crippen molar-refractivity contribution in [2.24, 2.45) is 5.92 Å². The highest BCUT2D eigenvalue weighted by molar-refractivity contribution is 5.78. The number of nitriles is 1. The third-order valence-corrected chi connectivity index (χ3v) is 3.83. The average molecular weight is 273 g/mol. The first kappa shape index (κ1) is 14.3. The Labute approximate surface area is 118 Å². The van der Waals surface area contributed by atoms with Crippen LogP contribution in [0.15, 0.2) is 12.1 Å². The molecule has 2 rings (SSSR count). The number of pyridine rings is 1. The van der Waals surface area contributed by atoms with Crippen LogP contribution in [0, 0.1) is 24.2 Å². The minimum absolute atomic E-state index is 0.107. The van der Waals surface area contributed by atoms with Crippen molar-refractivity contribution in [3.05, 3.63) is 23.4 Å². The lowest BCUT2D eigenvalue weighted by atomic mass is 9.84. The zero-order chi connectivity index (χ0) is 14.5. The van der Waals surface area contributed by atoms with E-state index in [4.69, 9.17) is 5.26 Å². The van der Waals surface area contributed by atoms with Crippen LogP contribution in [0.2, 0.25) is 0 Å². The summed E-state index contributed by atoms with van der Waals surface area (Å²) in [5, 5.41) is 21.5. The number of aliphatic carboxylic acids is 1. The summed E-state index contributed by atoms with van der Waals surface area (Å²) in [6.45, 7) is 1.82. The van der Waals surface area contributed by atoms with Crippen molar-refractivity contribution >= 4 is 11.8 Å². The summed E-state index contributed by atoms with van der Waals surface area (Å²) < 4.78 is 0. The largest absolute Gasteiger partial charge is 0.480 e. The van der Waals surface area contributed by atoms with Crippen molar-refractivity contribution in [2.45, 2.75) is 45.1 Å². The van der Waals surface area contributed by atoms with Crippen LogP contribution in [0.4, 0.5) is 5.82 Å². The van der Waals surface area contributed by atoms with E-state index < -0.39 is 12.0 Å². The van der Waals surface area contributed by atoms with Crippen LogP contribution in [0.25, 0.3) is 0 Å². The topological polar surface area (TPSA) is 86.0 Å². The number of nitrogens with zero attached hydrogens (tertiary/aromatic N) is 2. The molecule has 0 amide bonds. The van der Waals surface area contributed by atoms with Gasteiger partial charge in [0.15, 0.2) is 0 Å². The molecule has 20 heavy (non-hydrogen) atoms. The number of nitrogens with one attached hydrogen (secondary N) is 1. The van der Waals surface area contributed by atoms with Crippen LogP contribution in [-0.4, -0.2) is 22.1 Å². The Morgan fingerprint density at radius 3 is 2.75 bits per heavy atom. The third kappa shape index (κ3) is 3.27. The van der Waals surface area contributed by atoms with Gasteiger partial charge in [-0.2, -0.15) is 5.26 Å². The number of aromatic nitrogens is 1. The molecule has 0 spiro atoms. The Hall–Kier alpha value is -2.09. The van der Waals surface area contributed by atoms with Crippen LogP contribution < -0.4 is 5.32 Å². The van der Waals surface area contributed by atoms with Gasteiger partial charge in [0, 0.05) is 5.69 Å². The van der Waals surface area contributed by atoms with Crippen LogP contribution in [0.1, 0.15) is 43.4 Å². The van der Waals surface area contributed by atoms with Crippen LogP contribution in [0.5, 0.6) is 0 Å². The van der Waals surface area contributed by atoms with E-state index in [1.54, 1.807) is 12.1 Å². The maximum atomic E-state index is 11.5. The molecule has 5 nitrogen and oxygen atoms in total. The predicted octanol–water partition coefficient (Wildman–Crippen LogP) is 2.71. The number of aryl methyl sites for hydroxylation is 1. The van der Waals surface area contributed by atoms with Crippen LogP contribution >= 0.6 is 0 Å². The van der Waals surface area contributed by atoms with Gasteiger partial charge in [0.2, 0.25) is 0 Å². The molecule has 0 aliphatic heterocycles. The summed E-state index contributed by atoms with van der Waals surface area (Å²) in [6.07, 6.45) is 5.15. The van der Waals surface area contributed by atoms with Gasteiger partial charge < -0.3 is 10.4 Å². The standard InChI is InChI=1S/C15H19N3O2/c1-10-7-8-12(9-16)14(17-10)18-13(15(19)20)11-5-3-2-4-6-11/h7-8,11,13H,2-6H2,1H3,(H,17,18)(H,19,20). The Kier molecular flexibility index (Phi) is 4.57. The highest BCUT2D eigenvalue weighted by Crippen LogP contribution is 2.28. The van der Waals surface area contributed by atoms with Crippen molar-refractivity contribution in [1.82, 2.24) is 4.98 Å².